The first-order valence-electron chi connectivity index (χ1n) is 11.9. The summed E-state index contributed by atoms with van der Waals surface area (Å²) in [6.07, 6.45) is 3.02. The van der Waals surface area contributed by atoms with E-state index in [-0.39, 0.29) is 5.92 Å². The molecule has 182 valence electrons. The molecule has 8 nitrogen and oxygen atoms in total. The monoisotopic (exact) mass is 479 g/mol. The fraction of sp³-hybridized carbons (Fsp3) is 0.214. The third-order valence-electron chi connectivity index (χ3n) is 6.14. The number of hydrogen-bond donors (Lipinski definition) is 2. The Kier molecular flexibility index (Phi) is 6.60. The van der Waals surface area contributed by atoms with Crippen LogP contribution in [0.15, 0.2) is 72.9 Å². The van der Waals surface area contributed by atoms with Gasteiger partial charge in [-0.3, -0.25) is 4.98 Å². The number of ether oxygens (including phenoxy) is 1. The summed E-state index contributed by atoms with van der Waals surface area (Å²) < 4.78 is 5.29. The number of pyridine rings is 1. The highest BCUT2D eigenvalue weighted by atomic mass is 16.5. The first-order chi connectivity index (χ1) is 17.6. The van der Waals surface area contributed by atoms with Crippen molar-refractivity contribution >= 4 is 11.0 Å². The molecule has 3 N–H and O–H groups in total. The Bertz CT molecular complexity index is 1460. The largest absolute Gasteiger partial charge is 0.497 e. The second kappa shape index (κ2) is 10.1. The molecule has 3 aromatic heterocycles. The number of hydrogen-bond acceptors (Lipinski definition) is 7. The molecule has 8 heteroatoms. The number of rotatable bonds is 8. The van der Waals surface area contributed by atoms with E-state index in [1.54, 1.807) is 18.1 Å². The predicted molar refractivity (Wildman–Crippen MR) is 141 cm³/mol. The Morgan fingerprint density at radius 1 is 0.917 bits per heavy atom. The topological polar surface area (TPSA) is 104 Å². The van der Waals surface area contributed by atoms with Crippen LogP contribution in [0.2, 0.25) is 0 Å². The van der Waals surface area contributed by atoms with Crippen molar-refractivity contribution in [3.8, 4) is 17.0 Å². The lowest BCUT2D eigenvalue weighted by Crippen LogP contribution is -2.23. The van der Waals surface area contributed by atoms with Crippen molar-refractivity contribution in [3.63, 3.8) is 0 Å². The molecule has 2 aromatic carbocycles. The van der Waals surface area contributed by atoms with Crippen LogP contribution in [0.5, 0.6) is 5.75 Å². The van der Waals surface area contributed by atoms with E-state index in [0.29, 0.717) is 12.8 Å². The van der Waals surface area contributed by atoms with Gasteiger partial charge in [-0.05, 0) is 41.3 Å². The Labute approximate surface area is 210 Å². The fourth-order valence-electron chi connectivity index (χ4n) is 4.29. The summed E-state index contributed by atoms with van der Waals surface area (Å²) in [5.74, 6) is 7.58. The van der Waals surface area contributed by atoms with Crippen molar-refractivity contribution in [3.05, 3.63) is 101 Å². The first-order valence-corrected chi connectivity index (χ1v) is 11.9. The standard InChI is InChI=1S/C28H29N7O/c1-18(2)26-27-28(35(33-26)34-29)24(31-25(32-27)17-20-9-13-22(36-3)14-10-20)16-19-7-11-21(12-8-19)23-6-4-5-15-30-23/h4-15,18,34H,16-17,29H2,1-3H3. The molecule has 0 saturated carbocycles. The molecule has 5 aromatic rings. The summed E-state index contributed by atoms with van der Waals surface area (Å²) in [7, 11) is 1.66. The van der Waals surface area contributed by atoms with Gasteiger partial charge in [0.1, 0.15) is 22.6 Å². The third kappa shape index (κ3) is 4.76. The Morgan fingerprint density at radius 2 is 1.64 bits per heavy atom. The molecule has 3 heterocycles. The van der Waals surface area contributed by atoms with Crippen molar-refractivity contribution in [2.45, 2.75) is 32.6 Å². The van der Waals surface area contributed by atoms with E-state index < -0.39 is 0 Å². The number of nitrogens with one attached hydrogen (secondary N) is 1. The van der Waals surface area contributed by atoms with E-state index in [4.69, 9.17) is 20.5 Å². The van der Waals surface area contributed by atoms with Crippen molar-refractivity contribution < 1.29 is 4.74 Å². The molecular weight excluding hydrogens is 450 g/mol. The van der Waals surface area contributed by atoms with Crippen molar-refractivity contribution in [1.29, 1.82) is 0 Å². The third-order valence-corrected chi connectivity index (χ3v) is 6.14. The zero-order chi connectivity index (χ0) is 25.1. The normalized spacial score (nSPS) is 11.2. The minimum atomic E-state index is 0.177. The maximum absolute atomic E-state index is 5.84. The molecule has 0 aliphatic carbocycles. The maximum Gasteiger partial charge on any atom is 0.134 e. The highest BCUT2D eigenvalue weighted by Gasteiger charge is 2.21. The summed E-state index contributed by atoms with van der Waals surface area (Å²) in [4.78, 5) is 15.9. The van der Waals surface area contributed by atoms with E-state index in [1.165, 1.54) is 0 Å². The van der Waals surface area contributed by atoms with Crippen LogP contribution < -0.4 is 16.1 Å². The second-order valence-electron chi connectivity index (χ2n) is 8.98. The van der Waals surface area contributed by atoms with E-state index >= 15 is 0 Å². The number of nitrogen functional groups attached to an aromatic ring is 1. The zero-order valence-electron chi connectivity index (χ0n) is 20.6. The Balaban J connectivity index is 1.55. The van der Waals surface area contributed by atoms with Crippen LogP contribution in [0, 0.1) is 0 Å². The number of fused-ring (bicyclic) bond motifs is 1. The number of hydrazine groups is 1. The van der Waals surface area contributed by atoms with Gasteiger partial charge in [0, 0.05) is 24.6 Å². The highest BCUT2D eigenvalue weighted by molar-refractivity contribution is 5.81. The van der Waals surface area contributed by atoms with Gasteiger partial charge in [0.25, 0.3) is 0 Å². The number of methoxy groups -OCH3 is 1. The average molecular weight is 480 g/mol. The summed E-state index contributed by atoms with van der Waals surface area (Å²) in [6.45, 7) is 4.20. The minimum absolute atomic E-state index is 0.177. The number of nitrogens with two attached hydrogens (primary N) is 1. The van der Waals surface area contributed by atoms with E-state index in [0.717, 1.165) is 56.4 Å². The van der Waals surface area contributed by atoms with E-state index in [1.807, 2.05) is 42.5 Å². The van der Waals surface area contributed by atoms with Crippen LogP contribution in [-0.2, 0) is 12.8 Å². The smallest absolute Gasteiger partial charge is 0.134 e. The predicted octanol–water partition coefficient (Wildman–Crippen LogP) is 4.62. The van der Waals surface area contributed by atoms with Crippen LogP contribution >= 0.6 is 0 Å². The number of nitrogens with zero attached hydrogens (tertiary/aromatic N) is 5. The van der Waals surface area contributed by atoms with E-state index in [9.17, 15) is 0 Å². The number of benzene rings is 2. The molecule has 0 spiro atoms. The van der Waals surface area contributed by atoms with Gasteiger partial charge in [-0.2, -0.15) is 9.89 Å². The summed E-state index contributed by atoms with van der Waals surface area (Å²) in [5.41, 5.74) is 10.3. The van der Waals surface area contributed by atoms with E-state index in [2.05, 4.69) is 53.7 Å². The van der Waals surface area contributed by atoms with Gasteiger partial charge >= 0.3 is 0 Å². The molecule has 5 rings (SSSR count). The molecule has 0 radical (unpaired) electrons. The first kappa shape index (κ1) is 23.4. The zero-order valence-corrected chi connectivity index (χ0v) is 20.6. The average Bonchev–Trinajstić information content (AvgIpc) is 3.29. The molecule has 0 unspecified atom stereocenters. The molecule has 0 atom stereocenters. The number of aromatic nitrogens is 5. The molecular formula is C28H29N7O. The summed E-state index contributed by atoms with van der Waals surface area (Å²) in [6, 6.07) is 22.3. The highest BCUT2D eigenvalue weighted by Crippen LogP contribution is 2.27. The minimum Gasteiger partial charge on any atom is -0.497 e. The molecule has 0 saturated heterocycles. The quantitative estimate of drug-likeness (QED) is 0.247. The molecule has 0 bridgehead atoms. The van der Waals surface area contributed by atoms with Crippen molar-refractivity contribution in [2.24, 2.45) is 5.84 Å². The lowest BCUT2D eigenvalue weighted by Gasteiger charge is -2.10. The molecule has 0 amide bonds. The van der Waals surface area contributed by atoms with Crippen LogP contribution in [0.25, 0.3) is 22.3 Å². The van der Waals surface area contributed by atoms with Gasteiger partial charge in [0.15, 0.2) is 0 Å². The van der Waals surface area contributed by atoms with Crippen LogP contribution in [0.4, 0.5) is 0 Å². The SMILES string of the molecule is COc1ccc(Cc2nc(Cc3ccc(-c4ccccn4)cc3)c3c(n2)c(C(C)C)nn3NN)cc1. The lowest BCUT2D eigenvalue weighted by atomic mass is 10.0. The van der Waals surface area contributed by atoms with Crippen LogP contribution in [0.3, 0.4) is 0 Å². The summed E-state index contributed by atoms with van der Waals surface area (Å²) in [5, 5.41) is 4.69. The Morgan fingerprint density at radius 3 is 2.28 bits per heavy atom. The molecule has 0 aliphatic rings. The van der Waals surface area contributed by atoms with Crippen molar-refractivity contribution in [2.75, 3.05) is 12.6 Å². The van der Waals surface area contributed by atoms with Gasteiger partial charge in [-0.1, -0.05) is 56.3 Å². The van der Waals surface area contributed by atoms with Crippen LogP contribution in [-0.4, -0.2) is 32.0 Å². The lowest BCUT2D eigenvalue weighted by molar-refractivity contribution is 0.414. The van der Waals surface area contributed by atoms with Gasteiger partial charge in [-0.25, -0.2) is 21.3 Å². The van der Waals surface area contributed by atoms with Gasteiger partial charge in [0.05, 0.1) is 24.2 Å². The van der Waals surface area contributed by atoms with Crippen LogP contribution in [0.1, 0.15) is 48.1 Å². The fourth-order valence-corrected chi connectivity index (χ4v) is 4.29. The molecule has 36 heavy (non-hydrogen) atoms. The molecule has 0 fully saturated rings. The Hall–Kier alpha value is -4.30. The van der Waals surface area contributed by atoms with Crippen molar-refractivity contribution in [1.82, 2.24) is 24.8 Å². The van der Waals surface area contributed by atoms with Gasteiger partial charge in [0.2, 0.25) is 0 Å². The van der Waals surface area contributed by atoms with Gasteiger partial charge in [-0.15, -0.1) is 0 Å². The summed E-state index contributed by atoms with van der Waals surface area (Å²) >= 11 is 0. The second-order valence-corrected chi connectivity index (χ2v) is 8.98. The molecule has 0 aliphatic heterocycles. The van der Waals surface area contributed by atoms with Gasteiger partial charge < -0.3 is 4.74 Å². The maximum atomic E-state index is 5.84.